The van der Waals surface area contributed by atoms with Gasteiger partial charge in [-0.15, -0.1) is 0 Å². The molecule has 0 radical (unpaired) electrons. The number of benzene rings is 1. The van der Waals surface area contributed by atoms with Gasteiger partial charge in [-0.25, -0.2) is 14.2 Å². The van der Waals surface area contributed by atoms with Crippen molar-refractivity contribution < 1.29 is 23.8 Å². The number of anilines is 1. The molecule has 11 heteroatoms. The van der Waals surface area contributed by atoms with E-state index in [4.69, 9.17) is 14.7 Å². The second kappa shape index (κ2) is 11.3. The van der Waals surface area contributed by atoms with Crippen molar-refractivity contribution in [3.05, 3.63) is 82.7 Å². The summed E-state index contributed by atoms with van der Waals surface area (Å²) >= 11 is 0. The highest BCUT2D eigenvalue weighted by atomic mass is 19.1. The summed E-state index contributed by atoms with van der Waals surface area (Å²) in [6.07, 6.45) is 5.87. The number of aromatic nitrogens is 4. The van der Waals surface area contributed by atoms with Gasteiger partial charge >= 0.3 is 5.97 Å². The van der Waals surface area contributed by atoms with E-state index in [9.17, 15) is 9.90 Å². The van der Waals surface area contributed by atoms with Crippen molar-refractivity contribution in [2.24, 2.45) is 0 Å². The van der Waals surface area contributed by atoms with E-state index in [0.717, 1.165) is 38.2 Å². The third-order valence-electron chi connectivity index (χ3n) is 7.38. The number of piperidine rings is 1. The van der Waals surface area contributed by atoms with Gasteiger partial charge in [0.25, 0.3) is 0 Å². The third-order valence-corrected chi connectivity index (χ3v) is 7.38. The van der Waals surface area contributed by atoms with Crippen molar-refractivity contribution in [3.8, 4) is 11.9 Å². The van der Waals surface area contributed by atoms with Crippen LogP contribution in [0.5, 0.6) is 5.88 Å². The first-order valence-corrected chi connectivity index (χ1v) is 13.4. The molecule has 2 aliphatic rings. The summed E-state index contributed by atoms with van der Waals surface area (Å²) in [6.45, 7) is 2.80. The number of nitrogens with zero attached hydrogens (tertiary/aromatic N) is 6. The zero-order valence-corrected chi connectivity index (χ0v) is 22.2. The summed E-state index contributed by atoms with van der Waals surface area (Å²) in [4.78, 5) is 27.3. The van der Waals surface area contributed by atoms with Crippen molar-refractivity contribution in [1.29, 1.82) is 5.26 Å². The largest absolute Gasteiger partial charge is 0.478 e. The van der Waals surface area contributed by atoms with Crippen molar-refractivity contribution in [2.75, 3.05) is 24.6 Å². The van der Waals surface area contributed by atoms with Gasteiger partial charge in [-0.1, -0.05) is 11.6 Å². The first kappa shape index (κ1) is 26.4. The Balaban J connectivity index is 1.16. The van der Waals surface area contributed by atoms with Gasteiger partial charge in [-0.2, -0.15) is 10.2 Å². The molecule has 4 aromatic rings. The number of carboxylic acids is 1. The highest BCUT2D eigenvalue weighted by Gasteiger charge is 2.25. The van der Waals surface area contributed by atoms with Crippen LogP contribution in [0.25, 0.3) is 17.1 Å². The molecule has 2 fully saturated rings. The molecule has 2 aliphatic heterocycles. The van der Waals surface area contributed by atoms with Crippen molar-refractivity contribution in [3.63, 3.8) is 0 Å². The number of fused-ring (bicyclic) bond motifs is 1. The number of carbonyl (C=O) groups is 1. The Morgan fingerprint density at radius 2 is 2.02 bits per heavy atom. The predicted molar refractivity (Wildman–Crippen MR) is 148 cm³/mol. The molecule has 1 N–H and O–H groups in total. The lowest BCUT2D eigenvalue weighted by molar-refractivity contribution is -0.0588. The molecule has 0 bridgehead atoms. The molecule has 1 unspecified atom stereocenters. The zero-order valence-electron chi connectivity index (χ0n) is 22.2. The molecule has 10 nitrogen and oxygen atoms in total. The van der Waals surface area contributed by atoms with Crippen LogP contribution in [0.1, 0.15) is 46.7 Å². The van der Waals surface area contributed by atoms with E-state index < -0.39 is 11.8 Å². The van der Waals surface area contributed by atoms with Crippen LogP contribution in [0.3, 0.4) is 0 Å². The number of hydrogen-bond acceptors (Lipinski definition) is 8. The van der Waals surface area contributed by atoms with Gasteiger partial charge in [0.15, 0.2) is 5.82 Å². The van der Waals surface area contributed by atoms with Crippen molar-refractivity contribution in [2.45, 2.75) is 38.5 Å². The van der Waals surface area contributed by atoms with Crippen LogP contribution in [-0.4, -0.2) is 56.4 Å². The summed E-state index contributed by atoms with van der Waals surface area (Å²) in [6, 6.07) is 14.0. The Kier molecular flexibility index (Phi) is 7.31. The van der Waals surface area contributed by atoms with E-state index in [0.29, 0.717) is 41.6 Å². The summed E-state index contributed by atoms with van der Waals surface area (Å²) in [7, 11) is 0. The number of ether oxygens (including phenoxy) is 2. The normalized spacial score (nSPS) is 16.7. The summed E-state index contributed by atoms with van der Waals surface area (Å²) < 4.78 is 28.4. The van der Waals surface area contributed by atoms with Crippen molar-refractivity contribution >= 4 is 28.9 Å². The van der Waals surface area contributed by atoms with Gasteiger partial charge in [-0.3, -0.25) is 4.98 Å². The molecular formula is C30H27FN6O4. The molecule has 0 saturated carbocycles. The van der Waals surface area contributed by atoms with Gasteiger partial charge < -0.3 is 24.0 Å². The molecule has 6 rings (SSSR count). The molecule has 3 aromatic heterocycles. The molecule has 208 valence electrons. The van der Waals surface area contributed by atoms with Crippen LogP contribution in [0.4, 0.5) is 10.2 Å². The molecule has 1 aromatic carbocycles. The molecule has 0 spiro atoms. The Morgan fingerprint density at radius 3 is 2.71 bits per heavy atom. The number of pyridine rings is 2. The van der Waals surface area contributed by atoms with Crippen LogP contribution in [-0.2, 0) is 17.9 Å². The van der Waals surface area contributed by atoms with E-state index >= 15 is 4.39 Å². The van der Waals surface area contributed by atoms with Crippen molar-refractivity contribution in [1.82, 2.24) is 19.5 Å². The van der Waals surface area contributed by atoms with E-state index in [-0.39, 0.29) is 23.8 Å². The standard InChI is InChI=1S/C30H27FN6O4/c31-28-23(30(38)39)6-7-24-29(28)37(17-22-10-13-40-22)26(34-24)14-19-8-11-36(12-9-19)25-2-1-3-27(35-25)41-18-21-5-4-20(15-32)16-33-21/h1-7,14,16,22H,8-13,17-18H2,(H,38,39). The minimum atomic E-state index is -1.31. The molecule has 2 saturated heterocycles. The highest BCUT2D eigenvalue weighted by molar-refractivity contribution is 5.93. The SMILES string of the molecule is N#Cc1ccc(COc2cccc(N3CCC(=Cc4nc5ccc(C(=O)O)c(F)c5n4CC4CCO4)CC3)n2)nc1. The van der Waals surface area contributed by atoms with Gasteiger partial charge in [0.2, 0.25) is 5.88 Å². The quantitative estimate of drug-likeness (QED) is 0.333. The van der Waals surface area contributed by atoms with E-state index in [1.54, 1.807) is 28.8 Å². The average molecular weight is 555 g/mol. The minimum absolute atomic E-state index is 0.0486. The Hall–Kier alpha value is -4.82. The van der Waals surface area contributed by atoms with Gasteiger partial charge in [0.05, 0.1) is 35.0 Å². The van der Waals surface area contributed by atoms with E-state index in [2.05, 4.69) is 19.9 Å². The lowest BCUT2D eigenvalue weighted by atomic mass is 10.0. The fourth-order valence-corrected chi connectivity index (χ4v) is 5.03. The maximum atomic E-state index is 15.3. The number of nitriles is 1. The van der Waals surface area contributed by atoms with Crippen LogP contribution in [0, 0.1) is 17.1 Å². The van der Waals surface area contributed by atoms with E-state index in [1.165, 1.54) is 17.8 Å². The second-order valence-electron chi connectivity index (χ2n) is 10.0. The number of hydrogen-bond donors (Lipinski definition) is 1. The highest BCUT2D eigenvalue weighted by Crippen LogP contribution is 2.29. The number of halogens is 1. The van der Waals surface area contributed by atoms with Gasteiger partial charge in [0.1, 0.15) is 29.8 Å². The summed E-state index contributed by atoms with van der Waals surface area (Å²) in [5, 5.41) is 18.3. The molecule has 0 amide bonds. The average Bonchev–Trinajstić information content (AvgIpc) is 3.32. The molecular weight excluding hydrogens is 527 g/mol. The fraction of sp³-hybridized carbons (Fsp3) is 0.300. The van der Waals surface area contributed by atoms with Gasteiger partial charge in [-0.05, 0) is 55.7 Å². The van der Waals surface area contributed by atoms with Crippen LogP contribution in [0.15, 0.2) is 54.2 Å². The Labute approximate surface area is 235 Å². The lowest BCUT2D eigenvalue weighted by Crippen LogP contribution is -2.32. The number of carboxylic acid groups (broad SMARTS) is 1. The smallest absolute Gasteiger partial charge is 0.338 e. The maximum absolute atomic E-state index is 15.3. The topological polar surface area (TPSA) is 126 Å². The lowest BCUT2D eigenvalue weighted by Gasteiger charge is -2.30. The Bertz CT molecular complexity index is 1660. The maximum Gasteiger partial charge on any atom is 0.338 e. The molecule has 5 heterocycles. The minimum Gasteiger partial charge on any atom is -0.478 e. The number of imidazole rings is 1. The van der Waals surface area contributed by atoms with Gasteiger partial charge in [0, 0.05) is 32.0 Å². The molecule has 41 heavy (non-hydrogen) atoms. The fourth-order valence-electron chi connectivity index (χ4n) is 5.03. The number of rotatable bonds is 8. The molecule has 0 aliphatic carbocycles. The number of aromatic carboxylic acids is 1. The predicted octanol–water partition coefficient (Wildman–Crippen LogP) is 4.59. The second-order valence-corrected chi connectivity index (χ2v) is 10.0. The van der Waals surface area contributed by atoms with Crippen LogP contribution < -0.4 is 9.64 Å². The zero-order chi connectivity index (χ0) is 28.3. The summed E-state index contributed by atoms with van der Waals surface area (Å²) in [5.41, 5.74) is 2.63. The van der Waals surface area contributed by atoms with Crippen LogP contribution in [0.2, 0.25) is 0 Å². The Morgan fingerprint density at radius 1 is 1.20 bits per heavy atom. The third kappa shape index (κ3) is 5.60. The molecule has 1 atom stereocenters. The summed E-state index contributed by atoms with van der Waals surface area (Å²) in [5.74, 6) is -0.176. The first-order chi connectivity index (χ1) is 20.0. The monoisotopic (exact) mass is 554 g/mol. The van der Waals surface area contributed by atoms with E-state index in [1.807, 2.05) is 24.3 Å². The van der Waals surface area contributed by atoms with Crippen LogP contribution >= 0.6 is 0 Å². The first-order valence-electron chi connectivity index (χ1n) is 13.4.